The van der Waals surface area contributed by atoms with Gasteiger partial charge in [0.15, 0.2) is 10.3 Å². The molecule has 0 atom stereocenters. The van der Waals surface area contributed by atoms with Gasteiger partial charge in [-0.25, -0.2) is 9.97 Å². The second-order valence-corrected chi connectivity index (χ2v) is 9.05. The number of anilines is 1. The molecule has 0 aliphatic carbocycles. The molecule has 2 aromatic heterocycles. The first kappa shape index (κ1) is 22.9. The predicted molar refractivity (Wildman–Crippen MR) is 123 cm³/mol. The van der Waals surface area contributed by atoms with E-state index in [1.54, 1.807) is 18.2 Å². The number of carbonyl (C=O) groups excluding carboxylic acids is 1. The van der Waals surface area contributed by atoms with E-state index in [0.717, 1.165) is 17.2 Å². The maximum Gasteiger partial charge on any atom is 0.234 e. The molecule has 0 bridgehead atoms. The monoisotopic (exact) mass is 482 g/mol. The SMILES string of the molecule is CCn1c(CSc2nc(C)cc(C)n2)nnc1SCC(=O)Nc1ccc(Cl)cc1Cl. The highest BCUT2D eigenvalue weighted by molar-refractivity contribution is 7.99. The van der Waals surface area contributed by atoms with Gasteiger partial charge in [-0.05, 0) is 45.0 Å². The zero-order valence-corrected chi connectivity index (χ0v) is 19.8. The lowest BCUT2D eigenvalue weighted by Gasteiger charge is -2.09. The number of nitrogens with zero attached hydrogens (tertiary/aromatic N) is 5. The molecule has 158 valence electrons. The number of carbonyl (C=O) groups is 1. The molecule has 0 aliphatic rings. The summed E-state index contributed by atoms with van der Waals surface area (Å²) in [5.74, 6) is 1.41. The fraction of sp³-hybridized carbons (Fsp3) is 0.316. The van der Waals surface area contributed by atoms with Crippen LogP contribution in [0.15, 0.2) is 34.6 Å². The molecule has 1 N–H and O–H groups in total. The molecule has 2 heterocycles. The molecular weight excluding hydrogens is 463 g/mol. The summed E-state index contributed by atoms with van der Waals surface area (Å²) in [7, 11) is 0. The smallest absolute Gasteiger partial charge is 0.234 e. The van der Waals surface area contributed by atoms with Gasteiger partial charge in [-0.15, -0.1) is 10.2 Å². The summed E-state index contributed by atoms with van der Waals surface area (Å²) in [6, 6.07) is 6.87. The Labute approximate surface area is 193 Å². The Morgan fingerprint density at radius 1 is 1.10 bits per heavy atom. The molecule has 3 rings (SSSR count). The van der Waals surface area contributed by atoms with E-state index in [4.69, 9.17) is 23.2 Å². The van der Waals surface area contributed by atoms with Gasteiger partial charge in [0, 0.05) is 23.0 Å². The van der Waals surface area contributed by atoms with Crippen LogP contribution >= 0.6 is 46.7 Å². The molecule has 0 radical (unpaired) electrons. The van der Waals surface area contributed by atoms with Crippen LogP contribution in [0.4, 0.5) is 5.69 Å². The Kier molecular flexibility index (Phi) is 7.99. The fourth-order valence-electron chi connectivity index (χ4n) is 2.64. The minimum absolute atomic E-state index is 0.185. The third kappa shape index (κ3) is 6.10. The Morgan fingerprint density at radius 2 is 1.83 bits per heavy atom. The van der Waals surface area contributed by atoms with E-state index in [1.807, 2.05) is 31.4 Å². The third-order valence-corrected chi connectivity index (χ3v) is 6.30. The second kappa shape index (κ2) is 10.5. The van der Waals surface area contributed by atoms with Crippen LogP contribution < -0.4 is 5.32 Å². The van der Waals surface area contributed by atoms with Gasteiger partial charge in [-0.2, -0.15) is 0 Å². The topological polar surface area (TPSA) is 85.6 Å². The zero-order chi connectivity index (χ0) is 21.7. The molecule has 0 fully saturated rings. The standard InChI is InChI=1S/C19H20Cl2N6OS2/c1-4-27-16(9-29-18-22-11(2)7-12(3)23-18)25-26-19(27)30-10-17(28)24-15-6-5-13(20)8-14(15)21/h5-8H,4,9-10H2,1-3H3,(H,24,28). The largest absolute Gasteiger partial charge is 0.324 e. The number of amides is 1. The molecule has 0 saturated heterocycles. The van der Waals surface area contributed by atoms with E-state index in [-0.39, 0.29) is 11.7 Å². The lowest BCUT2D eigenvalue weighted by molar-refractivity contribution is -0.113. The summed E-state index contributed by atoms with van der Waals surface area (Å²) < 4.78 is 1.99. The van der Waals surface area contributed by atoms with Gasteiger partial charge < -0.3 is 9.88 Å². The first-order chi connectivity index (χ1) is 14.4. The van der Waals surface area contributed by atoms with Crippen molar-refractivity contribution in [3.8, 4) is 0 Å². The molecule has 0 aliphatic heterocycles. The summed E-state index contributed by atoms with van der Waals surface area (Å²) in [4.78, 5) is 21.2. The molecule has 0 unspecified atom stereocenters. The van der Waals surface area contributed by atoms with Gasteiger partial charge in [0.25, 0.3) is 0 Å². The summed E-state index contributed by atoms with van der Waals surface area (Å²) >= 11 is 14.8. The number of benzene rings is 1. The van der Waals surface area contributed by atoms with Crippen LogP contribution in [0.5, 0.6) is 0 Å². The highest BCUT2D eigenvalue weighted by Crippen LogP contribution is 2.26. The predicted octanol–water partition coefficient (Wildman–Crippen LogP) is 5.03. The van der Waals surface area contributed by atoms with Crippen molar-refractivity contribution in [3.05, 3.63) is 51.5 Å². The first-order valence-corrected chi connectivity index (χ1v) is 11.8. The Bertz CT molecular complexity index is 1040. The summed E-state index contributed by atoms with van der Waals surface area (Å²) in [5.41, 5.74) is 2.39. The van der Waals surface area contributed by atoms with Gasteiger partial charge >= 0.3 is 0 Å². The van der Waals surface area contributed by atoms with E-state index in [1.165, 1.54) is 23.5 Å². The van der Waals surface area contributed by atoms with Crippen molar-refractivity contribution in [2.45, 2.75) is 43.4 Å². The number of rotatable bonds is 8. The molecule has 3 aromatic rings. The van der Waals surface area contributed by atoms with Crippen molar-refractivity contribution in [1.82, 2.24) is 24.7 Å². The lowest BCUT2D eigenvalue weighted by atomic mass is 10.3. The maximum absolute atomic E-state index is 12.3. The fourth-order valence-corrected chi connectivity index (χ4v) is 4.81. The van der Waals surface area contributed by atoms with Crippen molar-refractivity contribution in [2.24, 2.45) is 0 Å². The summed E-state index contributed by atoms with van der Waals surface area (Å²) in [6.45, 7) is 6.61. The zero-order valence-electron chi connectivity index (χ0n) is 16.6. The van der Waals surface area contributed by atoms with Gasteiger partial charge in [0.05, 0.1) is 22.2 Å². The third-order valence-electron chi connectivity index (χ3n) is 3.94. The minimum Gasteiger partial charge on any atom is -0.324 e. The number of hydrogen-bond donors (Lipinski definition) is 1. The van der Waals surface area contributed by atoms with Crippen molar-refractivity contribution in [2.75, 3.05) is 11.1 Å². The lowest BCUT2D eigenvalue weighted by Crippen LogP contribution is -2.15. The number of aryl methyl sites for hydroxylation is 2. The second-order valence-electron chi connectivity index (χ2n) is 6.33. The van der Waals surface area contributed by atoms with Crippen LogP contribution in [0.1, 0.15) is 24.1 Å². The molecule has 11 heteroatoms. The van der Waals surface area contributed by atoms with Crippen molar-refractivity contribution in [3.63, 3.8) is 0 Å². The molecule has 0 spiro atoms. The van der Waals surface area contributed by atoms with Crippen molar-refractivity contribution in [1.29, 1.82) is 0 Å². The van der Waals surface area contributed by atoms with E-state index < -0.39 is 0 Å². The number of halogens is 2. The van der Waals surface area contributed by atoms with E-state index in [9.17, 15) is 4.79 Å². The van der Waals surface area contributed by atoms with Crippen LogP contribution in [-0.4, -0.2) is 36.4 Å². The van der Waals surface area contributed by atoms with E-state index >= 15 is 0 Å². The normalized spacial score (nSPS) is 11.0. The van der Waals surface area contributed by atoms with Crippen LogP contribution in [0, 0.1) is 13.8 Å². The highest BCUT2D eigenvalue weighted by Gasteiger charge is 2.15. The first-order valence-electron chi connectivity index (χ1n) is 9.10. The van der Waals surface area contributed by atoms with Gasteiger partial charge in [0.2, 0.25) is 5.91 Å². The molecule has 0 saturated carbocycles. The van der Waals surface area contributed by atoms with E-state index in [0.29, 0.717) is 38.3 Å². The number of nitrogens with one attached hydrogen (secondary N) is 1. The van der Waals surface area contributed by atoms with Gasteiger partial charge in [0.1, 0.15) is 5.82 Å². The van der Waals surface area contributed by atoms with Crippen LogP contribution in [0.25, 0.3) is 0 Å². The van der Waals surface area contributed by atoms with Gasteiger partial charge in [-0.3, -0.25) is 4.79 Å². The summed E-state index contributed by atoms with van der Waals surface area (Å²) in [6.07, 6.45) is 0. The average molecular weight is 483 g/mol. The average Bonchev–Trinajstić information content (AvgIpc) is 3.08. The number of hydrogen-bond acceptors (Lipinski definition) is 7. The minimum atomic E-state index is -0.186. The highest BCUT2D eigenvalue weighted by atomic mass is 35.5. The van der Waals surface area contributed by atoms with Crippen LogP contribution in [0.2, 0.25) is 10.0 Å². The van der Waals surface area contributed by atoms with Crippen LogP contribution in [0.3, 0.4) is 0 Å². The Hall–Kier alpha value is -1.81. The molecular formula is C19H20Cl2N6OS2. The molecule has 1 amide bonds. The number of thioether (sulfide) groups is 2. The molecule has 30 heavy (non-hydrogen) atoms. The molecule has 1 aromatic carbocycles. The summed E-state index contributed by atoms with van der Waals surface area (Å²) in [5, 5.41) is 13.6. The van der Waals surface area contributed by atoms with E-state index in [2.05, 4.69) is 25.5 Å². The Balaban J connectivity index is 1.60. The van der Waals surface area contributed by atoms with Crippen LogP contribution in [-0.2, 0) is 17.1 Å². The van der Waals surface area contributed by atoms with Crippen molar-refractivity contribution < 1.29 is 4.79 Å². The van der Waals surface area contributed by atoms with Gasteiger partial charge in [-0.1, -0.05) is 46.7 Å². The quantitative estimate of drug-likeness (QED) is 0.355. The number of aromatic nitrogens is 5. The Morgan fingerprint density at radius 3 is 2.50 bits per heavy atom. The maximum atomic E-state index is 12.3. The molecule has 7 nitrogen and oxygen atoms in total. The van der Waals surface area contributed by atoms with Crippen molar-refractivity contribution >= 4 is 58.3 Å².